The molecule has 1 amide bonds. The van der Waals surface area contributed by atoms with E-state index >= 15 is 0 Å². The molecule has 25 heavy (non-hydrogen) atoms. The van der Waals surface area contributed by atoms with Crippen LogP contribution in [0.2, 0.25) is 0 Å². The Morgan fingerprint density at radius 3 is 2.52 bits per heavy atom. The van der Waals surface area contributed by atoms with Crippen LogP contribution in [0.5, 0.6) is 0 Å². The first-order chi connectivity index (χ1) is 11.9. The lowest BCUT2D eigenvalue weighted by Crippen LogP contribution is -2.36. The number of halogens is 1. The van der Waals surface area contributed by atoms with Crippen LogP contribution in [0.1, 0.15) is 13.8 Å². The summed E-state index contributed by atoms with van der Waals surface area (Å²) in [5.74, 6) is -0.349. The van der Waals surface area contributed by atoms with Crippen molar-refractivity contribution < 1.29 is 18.7 Å². The molecule has 2 saturated heterocycles. The number of amides is 1. The summed E-state index contributed by atoms with van der Waals surface area (Å²) in [6.07, 6.45) is -0.816. The van der Waals surface area contributed by atoms with Gasteiger partial charge < -0.3 is 20.1 Å². The minimum atomic E-state index is -0.482. The van der Waals surface area contributed by atoms with Crippen LogP contribution in [0, 0.1) is 5.82 Å². The first-order valence-corrected chi connectivity index (χ1v) is 8.60. The zero-order chi connectivity index (χ0) is 18.4. The summed E-state index contributed by atoms with van der Waals surface area (Å²) in [4.78, 5) is 16.1. The molecule has 0 radical (unpaired) electrons. The zero-order valence-electron chi connectivity index (χ0n) is 14.5. The van der Waals surface area contributed by atoms with Crippen molar-refractivity contribution in [1.82, 2.24) is 0 Å². The molecule has 2 fully saturated rings. The van der Waals surface area contributed by atoms with Crippen molar-refractivity contribution in [3.05, 3.63) is 24.0 Å². The van der Waals surface area contributed by atoms with Crippen molar-refractivity contribution in [2.45, 2.75) is 20.0 Å². The predicted molar refractivity (Wildman–Crippen MR) is 100 cm³/mol. The van der Waals surface area contributed by atoms with E-state index in [1.54, 1.807) is 12.1 Å². The Labute approximate surface area is 152 Å². The van der Waals surface area contributed by atoms with E-state index in [1.165, 1.54) is 11.0 Å². The summed E-state index contributed by atoms with van der Waals surface area (Å²) in [5.41, 5.74) is 6.51. The summed E-state index contributed by atoms with van der Waals surface area (Å²) < 4.78 is 24.6. The fraction of sp³-hybridized carbons (Fsp3) is 0.529. The highest BCUT2D eigenvalue weighted by molar-refractivity contribution is 7.80. The summed E-state index contributed by atoms with van der Waals surface area (Å²) in [6.45, 7) is 6.93. The van der Waals surface area contributed by atoms with Crippen LogP contribution in [0.4, 0.5) is 20.6 Å². The number of nitrogens with zero attached hydrogens (tertiary/aromatic N) is 2. The molecule has 2 aliphatic rings. The molecular weight excluding hydrogens is 345 g/mol. The van der Waals surface area contributed by atoms with Crippen LogP contribution < -0.4 is 15.5 Å². The van der Waals surface area contributed by atoms with Crippen LogP contribution in [0.3, 0.4) is 0 Å². The largest absolute Gasteiger partial charge is 0.443 e. The predicted octanol–water partition coefficient (Wildman–Crippen LogP) is 2.34. The maximum atomic E-state index is 14.3. The Bertz CT molecular complexity index is 619. The van der Waals surface area contributed by atoms with Crippen molar-refractivity contribution in [1.29, 1.82) is 0 Å². The SMILES string of the molecule is CC(C)=S.NCC1CN(c2ccc(N3CCOCC3)c(F)c2)C(=O)O1. The van der Waals surface area contributed by atoms with Crippen molar-refractivity contribution in [2.75, 3.05) is 49.2 Å². The Balaban J connectivity index is 0.000000511. The third-order valence-electron chi connectivity index (χ3n) is 3.73. The number of ether oxygens (including phenoxy) is 2. The summed E-state index contributed by atoms with van der Waals surface area (Å²) in [6, 6.07) is 4.79. The van der Waals surface area contributed by atoms with E-state index in [9.17, 15) is 9.18 Å². The van der Waals surface area contributed by atoms with Crippen LogP contribution >= 0.6 is 12.2 Å². The summed E-state index contributed by atoms with van der Waals surface area (Å²) in [7, 11) is 0. The molecule has 1 unspecified atom stereocenters. The third-order valence-corrected chi connectivity index (χ3v) is 3.73. The smallest absolute Gasteiger partial charge is 0.414 e. The lowest BCUT2D eigenvalue weighted by molar-refractivity contribution is 0.122. The molecule has 0 aromatic heterocycles. The molecule has 2 aliphatic heterocycles. The van der Waals surface area contributed by atoms with Crippen LogP contribution in [0.15, 0.2) is 18.2 Å². The Morgan fingerprint density at radius 1 is 1.36 bits per heavy atom. The second kappa shape index (κ2) is 9.07. The molecule has 0 spiro atoms. The van der Waals surface area contributed by atoms with Gasteiger partial charge in [-0.1, -0.05) is 12.2 Å². The number of cyclic esters (lactones) is 1. The van der Waals surface area contributed by atoms with Crippen molar-refractivity contribution in [2.24, 2.45) is 5.73 Å². The Hall–Kier alpha value is -1.77. The fourth-order valence-corrected chi connectivity index (χ4v) is 2.58. The van der Waals surface area contributed by atoms with E-state index in [-0.39, 0.29) is 18.5 Å². The number of hydrogen-bond acceptors (Lipinski definition) is 6. The van der Waals surface area contributed by atoms with Crippen molar-refractivity contribution in [3.8, 4) is 0 Å². The monoisotopic (exact) mass is 369 g/mol. The van der Waals surface area contributed by atoms with Gasteiger partial charge in [-0.15, -0.1) is 0 Å². The fourth-order valence-electron chi connectivity index (χ4n) is 2.58. The molecule has 138 valence electrons. The molecule has 3 rings (SSSR count). The number of anilines is 2. The van der Waals surface area contributed by atoms with E-state index in [4.69, 9.17) is 15.2 Å². The Kier molecular flexibility index (Phi) is 7.10. The molecule has 8 heteroatoms. The molecular formula is C17H24FN3O3S. The topological polar surface area (TPSA) is 68.0 Å². The van der Waals surface area contributed by atoms with Gasteiger partial charge in [-0.3, -0.25) is 4.90 Å². The zero-order valence-corrected chi connectivity index (χ0v) is 15.4. The van der Waals surface area contributed by atoms with Gasteiger partial charge >= 0.3 is 6.09 Å². The highest BCUT2D eigenvalue weighted by atomic mass is 32.1. The molecule has 1 aromatic rings. The first kappa shape index (κ1) is 19.6. The normalized spacial score (nSPS) is 20.0. The van der Waals surface area contributed by atoms with E-state index in [0.717, 1.165) is 4.86 Å². The van der Waals surface area contributed by atoms with Gasteiger partial charge in [-0.05, 0) is 36.9 Å². The second-order valence-corrected chi connectivity index (χ2v) is 6.81. The molecule has 0 saturated carbocycles. The van der Waals surface area contributed by atoms with Gasteiger partial charge in [0.1, 0.15) is 11.9 Å². The van der Waals surface area contributed by atoms with E-state index in [1.807, 2.05) is 18.7 Å². The average molecular weight is 369 g/mol. The van der Waals surface area contributed by atoms with Gasteiger partial charge in [0, 0.05) is 19.6 Å². The molecule has 2 N–H and O–H groups in total. The van der Waals surface area contributed by atoms with Crippen LogP contribution in [-0.2, 0) is 9.47 Å². The lowest BCUT2D eigenvalue weighted by atomic mass is 10.2. The molecule has 0 aliphatic carbocycles. The van der Waals surface area contributed by atoms with Gasteiger partial charge in [0.25, 0.3) is 0 Å². The van der Waals surface area contributed by atoms with Gasteiger partial charge in [0.15, 0.2) is 0 Å². The maximum Gasteiger partial charge on any atom is 0.414 e. The number of thiocarbonyl (C=S) groups is 1. The van der Waals surface area contributed by atoms with Gasteiger partial charge in [-0.2, -0.15) is 0 Å². The molecule has 1 aromatic carbocycles. The maximum absolute atomic E-state index is 14.3. The van der Waals surface area contributed by atoms with Gasteiger partial charge in [0.2, 0.25) is 0 Å². The number of rotatable bonds is 3. The first-order valence-electron chi connectivity index (χ1n) is 8.20. The highest BCUT2D eigenvalue weighted by Gasteiger charge is 2.32. The molecule has 2 heterocycles. The number of carbonyl (C=O) groups is 1. The number of hydrogen-bond donors (Lipinski definition) is 1. The second-order valence-electron chi connectivity index (χ2n) is 6.00. The average Bonchev–Trinajstić information content (AvgIpc) is 2.96. The Morgan fingerprint density at radius 2 is 2.00 bits per heavy atom. The minimum absolute atomic E-state index is 0.260. The number of carbonyl (C=O) groups excluding carboxylic acids is 1. The third kappa shape index (κ3) is 5.35. The summed E-state index contributed by atoms with van der Waals surface area (Å²) >= 11 is 4.54. The standard InChI is InChI=1S/C14H18FN3O3.C3H6S/c15-12-7-10(18-9-11(8-16)21-14(18)19)1-2-13(12)17-3-5-20-6-4-17;1-3(2)4/h1-2,7,11H,3-6,8-9,16H2;1-2H3. The van der Waals surface area contributed by atoms with Gasteiger partial charge in [-0.25, -0.2) is 9.18 Å². The molecule has 0 bridgehead atoms. The van der Waals surface area contributed by atoms with E-state index in [0.29, 0.717) is 44.2 Å². The quantitative estimate of drug-likeness (QED) is 0.825. The highest BCUT2D eigenvalue weighted by Crippen LogP contribution is 2.28. The lowest BCUT2D eigenvalue weighted by Gasteiger charge is -2.29. The number of morpholine rings is 1. The number of benzene rings is 1. The van der Waals surface area contributed by atoms with E-state index in [2.05, 4.69) is 12.2 Å². The molecule has 6 nitrogen and oxygen atoms in total. The van der Waals surface area contributed by atoms with Crippen LogP contribution in [0.25, 0.3) is 0 Å². The van der Waals surface area contributed by atoms with Crippen molar-refractivity contribution in [3.63, 3.8) is 0 Å². The number of nitrogens with two attached hydrogens (primary N) is 1. The minimum Gasteiger partial charge on any atom is -0.443 e. The van der Waals surface area contributed by atoms with E-state index < -0.39 is 6.09 Å². The van der Waals surface area contributed by atoms with Crippen LogP contribution in [-0.4, -0.2) is 56.5 Å². The summed E-state index contributed by atoms with van der Waals surface area (Å²) in [5, 5.41) is 0. The molecule has 1 atom stereocenters. The van der Waals surface area contributed by atoms with Crippen molar-refractivity contribution >= 4 is 34.6 Å². The van der Waals surface area contributed by atoms with Gasteiger partial charge in [0.05, 0.1) is 31.1 Å².